The van der Waals surface area contributed by atoms with Crippen molar-refractivity contribution in [3.8, 4) is 17.2 Å². The fourth-order valence-electron chi connectivity index (χ4n) is 2.13. The first-order valence-corrected chi connectivity index (χ1v) is 7.03. The first kappa shape index (κ1) is 14.8. The SMILES string of the molecule is O=[N+]([O-])c1ccc([O-])c(C=Nc2ccc3c(c2)OCCCO3)c1. The number of rotatable bonds is 3. The predicted molar refractivity (Wildman–Crippen MR) is 81.8 cm³/mol. The molecule has 0 aliphatic carbocycles. The number of non-ortho nitro benzene ring substituents is 1. The Morgan fingerprint density at radius 2 is 1.87 bits per heavy atom. The van der Waals surface area contributed by atoms with Crippen molar-refractivity contribution in [3.63, 3.8) is 0 Å². The quantitative estimate of drug-likeness (QED) is 0.493. The molecule has 2 aromatic rings. The Bertz CT molecular complexity index is 773. The minimum atomic E-state index is -0.551. The molecule has 0 aromatic heterocycles. The zero-order valence-electron chi connectivity index (χ0n) is 12.1. The Morgan fingerprint density at radius 3 is 2.65 bits per heavy atom. The number of benzene rings is 2. The van der Waals surface area contributed by atoms with E-state index in [1.54, 1.807) is 18.2 Å². The highest BCUT2D eigenvalue weighted by molar-refractivity contribution is 5.86. The van der Waals surface area contributed by atoms with E-state index in [0.717, 1.165) is 12.5 Å². The lowest BCUT2D eigenvalue weighted by Gasteiger charge is -2.09. The van der Waals surface area contributed by atoms with Crippen LogP contribution in [-0.2, 0) is 0 Å². The van der Waals surface area contributed by atoms with Crippen LogP contribution in [0, 0.1) is 10.1 Å². The van der Waals surface area contributed by atoms with Crippen LogP contribution in [0.1, 0.15) is 12.0 Å². The Kier molecular flexibility index (Phi) is 4.09. The van der Waals surface area contributed by atoms with Gasteiger partial charge >= 0.3 is 0 Å². The van der Waals surface area contributed by atoms with Gasteiger partial charge in [-0.05, 0) is 17.7 Å². The predicted octanol–water partition coefficient (Wildman–Crippen LogP) is 2.58. The van der Waals surface area contributed by atoms with E-state index in [1.165, 1.54) is 18.3 Å². The van der Waals surface area contributed by atoms with Gasteiger partial charge in [0.15, 0.2) is 11.5 Å². The number of aliphatic imine (C=N–C) groups is 1. The number of hydrogen-bond acceptors (Lipinski definition) is 6. The molecule has 0 saturated heterocycles. The topological polar surface area (TPSA) is 97.0 Å². The Balaban J connectivity index is 1.87. The summed E-state index contributed by atoms with van der Waals surface area (Å²) in [4.78, 5) is 14.4. The van der Waals surface area contributed by atoms with Crippen molar-refractivity contribution in [1.29, 1.82) is 0 Å². The summed E-state index contributed by atoms with van der Waals surface area (Å²) in [6.45, 7) is 1.17. The maximum Gasteiger partial charge on any atom is 0.270 e. The van der Waals surface area contributed by atoms with Crippen LogP contribution in [0.3, 0.4) is 0 Å². The maximum atomic E-state index is 11.7. The number of nitrogens with zero attached hydrogens (tertiary/aromatic N) is 2. The van der Waals surface area contributed by atoms with E-state index in [1.807, 2.05) is 0 Å². The molecule has 0 N–H and O–H groups in total. The molecule has 1 aliphatic rings. The van der Waals surface area contributed by atoms with Crippen molar-refractivity contribution in [2.45, 2.75) is 6.42 Å². The van der Waals surface area contributed by atoms with Crippen LogP contribution in [0.15, 0.2) is 41.4 Å². The van der Waals surface area contributed by atoms with Crippen LogP contribution < -0.4 is 14.6 Å². The van der Waals surface area contributed by atoms with E-state index in [-0.39, 0.29) is 17.0 Å². The third kappa shape index (κ3) is 3.39. The summed E-state index contributed by atoms with van der Waals surface area (Å²) >= 11 is 0. The molecule has 7 heteroatoms. The van der Waals surface area contributed by atoms with Gasteiger partial charge in [-0.25, -0.2) is 0 Å². The molecule has 1 heterocycles. The second kappa shape index (κ2) is 6.35. The summed E-state index contributed by atoms with van der Waals surface area (Å²) in [5, 5.41) is 22.5. The number of fused-ring (bicyclic) bond motifs is 1. The molecule has 7 nitrogen and oxygen atoms in total. The summed E-state index contributed by atoms with van der Waals surface area (Å²) in [5.74, 6) is 0.925. The van der Waals surface area contributed by atoms with Crippen molar-refractivity contribution in [3.05, 3.63) is 52.1 Å². The smallest absolute Gasteiger partial charge is 0.270 e. The molecule has 0 fully saturated rings. The molecule has 0 radical (unpaired) electrons. The highest BCUT2D eigenvalue weighted by Crippen LogP contribution is 2.33. The van der Waals surface area contributed by atoms with Crippen molar-refractivity contribution in [2.24, 2.45) is 4.99 Å². The Labute approximate surface area is 132 Å². The largest absolute Gasteiger partial charge is 0.872 e. The molecule has 0 unspecified atom stereocenters. The average Bonchev–Trinajstić information content (AvgIpc) is 2.78. The van der Waals surface area contributed by atoms with Gasteiger partial charge in [0.1, 0.15) is 0 Å². The van der Waals surface area contributed by atoms with Crippen LogP contribution in [0.2, 0.25) is 0 Å². The van der Waals surface area contributed by atoms with Gasteiger partial charge in [0, 0.05) is 30.8 Å². The fourth-order valence-corrected chi connectivity index (χ4v) is 2.13. The number of hydrogen-bond donors (Lipinski definition) is 0. The lowest BCUT2D eigenvalue weighted by Crippen LogP contribution is -1.98. The molecule has 2 aromatic carbocycles. The van der Waals surface area contributed by atoms with Crippen LogP contribution >= 0.6 is 0 Å². The van der Waals surface area contributed by atoms with Gasteiger partial charge in [-0.15, -0.1) is 0 Å². The zero-order chi connectivity index (χ0) is 16.2. The molecular formula is C16H13N2O5-. The standard InChI is InChI=1S/C16H14N2O5/c19-14-4-3-13(18(20)21)8-11(14)10-17-12-2-5-15-16(9-12)23-7-1-6-22-15/h2-5,8-10,19H,1,6-7H2/p-1. The molecule has 3 rings (SSSR count). The van der Waals surface area contributed by atoms with Gasteiger partial charge in [0.05, 0.1) is 23.8 Å². The normalized spacial score (nSPS) is 13.7. The van der Waals surface area contributed by atoms with E-state index in [0.29, 0.717) is 30.4 Å². The second-order valence-corrected chi connectivity index (χ2v) is 4.92. The number of ether oxygens (including phenoxy) is 2. The van der Waals surface area contributed by atoms with Crippen molar-refractivity contribution in [2.75, 3.05) is 13.2 Å². The minimum Gasteiger partial charge on any atom is -0.872 e. The second-order valence-electron chi connectivity index (χ2n) is 4.92. The third-order valence-corrected chi connectivity index (χ3v) is 3.29. The summed E-state index contributed by atoms with van der Waals surface area (Å²) < 4.78 is 11.1. The molecule has 0 spiro atoms. The van der Waals surface area contributed by atoms with Gasteiger partial charge in [-0.3, -0.25) is 15.1 Å². The van der Waals surface area contributed by atoms with E-state index in [4.69, 9.17) is 9.47 Å². The van der Waals surface area contributed by atoms with E-state index >= 15 is 0 Å². The van der Waals surface area contributed by atoms with E-state index in [2.05, 4.69) is 4.99 Å². The highest BCUT2D eigenvalue weighted by atomic mass is 16.6. The summed E-state index contributed by atoms with van der Waals surface area (Å²) in [6, 6.07) is 8.72. The third-order valence-electron chi connectivity index (χ3n) is 3.29. The summed E-state index contributed by atoms with van der Waals surface area (Å²) in [7, 11) is 0. The van der Waals surface area contributed by atoms with Gasteiger partial charge in [-0.2, -0.15) is 0 Å². The number of nitro groups is 1. The van der Waals surface area contributed by atoms with Crippen molar-refractivity contribution < 1.29 is 19.5 Å². The fraction of sp³-hybridized carbons (Fsp3) is 0.188. The molecule has 0 bridgehead atoms. The first-order chi connectivity index (χ1) is 11.1. The van der Waals surface area contributed by atoms with Crippen LogP contribution in [0.4, 0.5) is 11.4 Å². The van der Waals surface area contributed by atoms with Crippen LogP contribution in [0.5, 0.6) is 17.2 Å². The van der Waals surface area contributed by atoms with Crippen molar-refractivity contribution >= 4 is 17.6 Å². The van der Waals surface area contributed by atoms with Gasteiger partial charge in [-0.1, -0.05) is 11.8 Å². The minimum absolute atomic E-state index is 0.148. The zero-order valence-corrected chi connectivity index (χ0v) is 12.1. The Hall–Kier alpha value is -3.09. The molecule has 0 amide bonds. The van der Waals surface area contributed by atoms with Crippen LogP contribution in [-0.4, -0.2) is 24.4 Å². The Morgan fingerprint density at radius 1 is 1.09 bits per heavy atom. The average molecular weight is 313 g/mol. The molecule has 118 valence electrons. The monoisotopic (exact) mass is 313 g/mol. The molecule has 1 aliphatic heterocycles. The molecule has 0 saturated carbocycles. The van der Waals surface area contributed by atoms with Gasteiger partial charge < -0.3 is 14.6 Å². The van der Waals surface area contributed by atoms with Crippen LogP contribution in [0.25, 0.3) is 0 Å². The first-order valence-electron chi connectivity index (χ1n) is 7.03. The van der Waals surface area contributed by atoms with Crippen molar-refractivity contribution in [1.82, 2.24) is 0 Å². The lowest BCUT2D eigenvalue weighted by atomic mass is 10.2. The van der Waals surface area contributed by atoms with E-state index < -0.39 is 4.92 Å². The molecular weight excluding hydrogens is 300 g/mol. The molecule has 0 atom stereocenters. The van der Waals surface area contributed by atoms with Gasteiger partial charge in [0.25, 0.3) is 5.69 Å². The van der Waals surface area contributed by atoms with E-state index in [9.17, 15) is 15.2 Å². The molecule has 23 heavy (non-hydrogen) atoms. The maximum absolute atomic E-state index is 11.7. The lowest BCUT2D eigenvalue weighted by molar-refractivity contribution is -0.385. The van der Waals surface area contributed by atoms with Gasteiger partial charge in [0.2, 0.25) is 0 Å². The summed E-state index contributed by atoms with van der Waals surface area (Å²) in [6.07, 6.45) is 2.12. The summed E-state index contributed by atoms with van der Waals surface area (Å²) in [5.41, 5.74) is 0.580. The number of nitro benzene ring substituents is 1. The highest BCUT2D eigenvalue weighted by Gasteiger charge is 2.10.